The summed E-state index contributed by atoms with van der Waals surface area (Å²) in [6.07, 6.45) is 1.18. The van der Waals surface area contributed by atoms with Crippen LogP contribution < -0.4 is 14.7 Å². The molecule has 22 heavy (non-hydrogen) atoms. The third-order valence-corrected chi connectivity index (χ3v) is 4.96. The number of para-hydroxylation sites is 1. The van der Waals surface area contributed by atoms with E-state index in [1.54, 1.807) is 0 Å². The minimum Gasteiger partial charge on any atom is -0.374 e. The van der Waals surface area contributed by atoms with Crippen molar-refractivity contribution in [2.45, 2.75) is 6.42 Å². The molecule has 0 aromatic heterocycles. The fraction of sp³-hybridized carbons (Fsp3) is 0.368. The predicted molar refractivity (Wildman–Crippen MR) is 94.3 cm³/mol. The molecule has 2 aromatic rings. The van der Waals surface area contributed by atoms with Gasteiger partial charge < -0.3 is 14.7 Å². The topological polar surface area (TPSA) is 9.72 Å². The van der Waals surface area contributed by atoms with Gasteiger partial charge in [-0.25, -0.2) is 0 Å². The number of hydrogen-bond acceptors (Lipinski definition) is 3. The van der Waals surface area contributed by atoms with Crippen LogP contribution in [0.5, 0.6) is 0 Å². The number of nitrogens with zero attached hydrogens (tertiary/aromatic N) is 3. The third-order valence-electron chi connectivity index (χ3n) is 4.96. The minimum atomic E-state index is 1.10. The Morgan fingerprint density at radius 2 is 1.41 bits per heavy atom. The molecule has 0 saturated carbocycles. The fourth-order valence-corrected chi connectivity index (χ4v) is 3.61. The van der Waals surface area contributed by atoms with Crippen molar-refractivity contribution in [2.24, 2.45) is 0 Å². The lowest BCUT2D eigenvalue weighted by Crippen LogP contribution is -2.46. The second-order valence-corrected chi connectivity index (χ2v) is 6.29. The van der Waals surface area contributed by atoms with Crippen LogP contribution in [0.15, 0.2) is 48.5 Å². The summed E-state index contributed by atoms with van der Waals surface area (Å²) in [4.78, 5) is 7.36. The van der Waals surface area contributed by atoms with Crippen LogP contribution in [0.25, 0.3) is 0 Å². The van der Waals surface area contributed by atoms with Crippen molar-refractivity contribution >= 4 is 17.1 Å². The number of benzene rings is 2. The maximum absolute atomic E-state index is 2.53. The summed E-state index contributed by atoms with van der Waals surface area (Å²) in [6.45, 7) is 5.55. The van der Waals surface area contributed by atoms with E-state index in [-0.39, 0.29) is 0 Å². The van der Waals surface area contributed by atoms with Gasteiger partial charge in [0.1, 0.15) is 0 Å². The first-order chi connectivity index (χ1) is 10.8. The zero-order valence-electron chi connectivity index (χ0n) is 13.2. The standard InChI is InChI=1S/C19H23N3/c1-20-10-9-16-15-18(7-8-19(16)20)22-13-11-21(12-14-22)17-5-3-2-4-6-17/h2-8,15H,9-14H2,1H3. The summed E-state index contributed by atoms with van der Waals surface area (Å²) < 4.78 is 0. The van der Waals surface area contributed by atoms with E-state index in [1.807, 2.05) is 0 Å². The molecule has 2 aliphatic rings. The fourth-order valence-electron chi connectivity index (χ4n) is 3.61. The molecule has 0 unspecified atom stereocenters. The average molecular weight is 293 g/mol. The van der Waals surface area contributed by atoms with Gasteiger partial charge in [0.15, 0.2) is 0 Å². The second kappa shape index (κ2) is 5.56. The van der Waals surface area contributed by atoms with Gasteiger partial charge in [-0.1, -0.05) is 18.2 Å². The molecule has 0 radical (unpaired) electrons. The number of likely N-dealkylation sites (N-methyl/N-ethyl adjacent to an activating group) is 1. The predicted octanol–water partition coefficient (Wildman–Crippen LogP) is 3.01. The Bertz CT molecular complexity index is 645. The highest BCUT2D eigenvalue weighted by Crippen LogP contribution is 2.31. The smallest absolute Gasteiger partial charge is 0.0398 e. The summed E-state index contributed by atoms with van der Waals surface area (Å²) in [7, 11) is 2.18. The largest absolute Gasteiger partial charge is 0.374 e. The molecule has 3 heteroatoms. The van der Waals surface area contributed by atoms with Gasteiger partial charge in [0, 0.05) is 56.8 Å². The van der Waals surface area contributed by atoms with Crippen LogP contribution in [-0.4, -0.2) is 39.8 Å². The molecule has 2 heterocycles. The van der Waals surface area contributed by atoms with Crippen molar-refractivity contribution in [3.05, 3.63) is 54.1 Å². The van der Waals surface area contributed by atoms with Crippen molar-refractivity contribution in [3.63, 3.8) is 0 Å². The quantitative estimate of drug-likeness (QED) is 0.843. The Morgan fingerprint density at radius 1 is 0.727 bits per heavy atom. The van der Waals surface area contributed by atoms with E-state index in [0.29, 0.717) is 0 Å². The molecule has 2 aromatic carbocycles. The van der Waals surface area contributed by atoms with Crippen LogP contribution in [0.4, 0.5) is 17.1 Å². The molecule has 0 N–H and O–H groups in total. The van der Waals surface area contributed by atoms with E-state index < -0.39 is 0 Å². The van der Waals surface area contributed by atoms with Crippen molar-refractivity contribution < 1.29 is 0 Å². The Hall–Kier alpha value is -2.16. The lowest BCUT2D eigenvalue weighted by atomic mass is 10.1. The molecule has 2 aliphatic heterocycles. The lowest BCUT2D eigenvalue weighted by molar-refractivity contribution is 0.653. The number of rotatable bonds is 2. The van der Waals surface area contributed by atoms with Crippen LogP contribution in [-0.2, 0) is 6.42 Å². The summed E-state index contributed by atoms with van der Waals surface area (Å²) in [5.41, 5.74) is 5.65. The van der Waals surface area contributed by atoms with E-state index >= 15 is 0 Å². The monoisotopic (exact) mass is 293 g/mol. The van der Waals surface area contributed by atoms with Crippen molar-refractivity contribution in [3.8, 4) is 0 Å². The molecule has 1 saturated heterocycles. The van der Waals surface area contributed by atoms with Gasteiger partial charge in [0.05, 0.1) is 0 Å². The van der Waals surface area contributed by atoms with Gasteiger partial charge in [-0.2, -0.15) is 0 Å². The number of anilines is 3. The Kier molecular flexibility index (Phi) is 3.41. The Morgan fingerprint density at radius 3 is 2.14 bits per heavy atom. The molecule has 114 valence electrons. The van der Waals surface area contributed by atoms with Crippen molar-refractivity contribution in [2.75, 3.05) is 54.5 Å². The molecule has 0 bridgehead atoms. The maximum atomic E-state index is 2.53. The van der Waals surface area contributed by atoms with Gasteiger partial charge in [0.2, 0.25) is 0 Å². The van der Waals surface area contributed by atoms with Gasteiger partial charge in [-0.3, -0.25) is 0 Å². The van der Waals surface area contributed by atoms with E-state index in [9.17, 15) is 0 Å². The normalized spacial score (nSPS) is 17.8. The van der Waals surface area contributed by atoms with Gasteiger partial charge >= 0.3 is 0 Å². The molecule has 0 amide bonds. The number of hydrogen-bond donors (Lipinski definition) is 0. The summed E-state index contributed by atoms with van der Waals surface area (Å²) in [5, 5.41) is 0. The molecule has 0 atom stereocenters. The first-order valence-corrected chi connectivity index (χ1v) is 8.20. The minimum absolute atomic E-state index is 1.10. The summed E-state index contributed by atoms with van der Waals surface area (Å²) >= 11 is 0. The first kappa shape index (κ1) is 13.5. The lowest BCUT2D eigenvalue weighted by Gasteiger charge is -2.37. The van der Waals surface area contributed by atoms with Crippen LogP contribution in [0.2, 0.25) is 0 Å². The molecular weight excluding hydrogens is 270 g/mol. The van der Waals surface area contributed by atoms with Crippen molar-refractivity contribution in [1.29, 1.82) is 0 Å². The van der Waals surface area contributed by atoms with Gasteiger partial charge in [0.25, 0.3) is 0 Å². The summed E-state index contributed by atoms with van der Waals surface area (Å²) in [6, 6.07) is 17.7. The SMILES string of the molecule is CN1CCc2cc(N3CCN(c4ccccc4)CC3)ccc21. The third kappa shape index (κ3) is 2.41. The molecule has 4 rings (SSSR count). The molecule has 1 fully saturated rings. The molecule has 0 aliphatic carbocycles. The molecule has 0 spiro atoms. The first-order valence-electron chi connectivity index (χ1n) is 8.20. The van der Waals surface area contributed by atoms with Crippen molar-refractivity contribution in [1.82, 2.24) is 0 Å². The summed E-state index contributed by atoms with van der Waals surface area (Å²) in [5.74, 6) is 0. The van der Waals surface area contributed by atoms with Crippen LogP contribution in [0.1, 0.15) is 5.56 Å². The highest BCUT2D eigenvalue weighted by atomic mass is 15.3. The van der Waals surface area contributed by atoms with Crippen LogP contribution >= 0.6 is 0 Å². The molecular formula is C19H23N3. The zero-order chi connectivity index (χ0) is 14.9. The van der Waals surface area contributed by atoms with Crippen LogP contribution in [0, 0.1) is 0 Å². The Labute approximate surface area is 132 Å². The maximum Gasteiger partial charge on any atom is 0.0398 e. The second-order valence-electron chi connectivity index (χ2n) is 6.29. The van der Waals surface area contributed by atoms with Gasteiger partial charge in [-0.15, -0.1) is 0 Å². The highest BCUT2D eigenvalue weighted by Gasteiger charge is 2.20. The van der Waals surface area contributed by atoms with E-state index in [4.69, 9.17) is 0 Å². The van der Waals surface area contributed by atoms with E-state index in [1.165, 1.54) is 29.0 Å². The van der Waals surface area contributed by atoms with E-state index in [2.05, 4.69) is 70.3 Å². The number of fused-ring (bicyclic) bond motifs is 1. The van der Waals surface area contributed by atoms with Crippen LogP contribution in [0.3, 0.4) is 0 Å². The highest BCUT2D eigenvalue weighted by molar-refractivity contribution is 5.65. The molecule has 3 nitrogen and oxygen atoms in total. The zero-order valence-corrected chi connectivity index (χ0v) is 13.2. The Balaban J connectivity index is 1.46. The number of piperazine rings is 1. The average Bonchev–Trinajstić information content (AvgIpc) is 2.96. The van der Waals surface area contributed by atoms with E-state index in [0.717, 1.165) is 32.7 Å². The van der Waals surface area contributed by atoms with Gasteiger partial charge in [-0.05, 0) is 42.3 Å².